The highest BCUT2D eigenvalue weighted by Crippen LogP contribution is 2.31. The van der Waals surface area contributed by atoms with E-state index in [1.807, 2.05) is 10.5 Å². The molecule has 0 saturated carbocycles. The Balaban J connectivity index is 2.83. The second-order valence-corrected chi connectivity index (χ2v) is 6.09. The Bertz CT molecular complexity index is 554. The van der Waals surface area contributed by atoms with Gasteiger partial charge in [-0.3, -0.25) is 4.40 Å². The van der Waals surface area contributed by atoms with Crippen LogP contribution in [0.2, 0.25) is 5.02 Å². The van der Waals surface area contributed by atoms with Gasteiger partial charge in [0.05, 0.1) is 15.2 Å². The Morgan fingerprint density at radius 3 is 2.62 bits per heavy atom. The van der Waals surface area contributed by atoms with Crippen molar-refractivity contribution in [3.63, 3.8) is 0 Å². The third kappa shape index (κ3) is 1.80. The normalized spacial score (nSPS) is 12.3. The van der Waals surface area contributed by atoms with Crippen LogP contribution in [0.3, 0.4) is 0 Å². The summed E-state index contributed by atoms with van der Waals surface area (Å²) in [5, 5.41) is 0.629. The number of rotatable bonds is 0. The van der Waals surface area contributed by atoms with Crippen LogP contribution in [0.25, 0.3) is 5.65 Å². The van der Waals surface area contributed by atoms with E-state index in [-0.39, 0.29) is 5.41 Å². The molecule has 86 valence electrons. The molecule has 2 heterocycles. The predicted molar refractivity (Wildman–Crippen MR) is 71.0 cm³/mol. The van der Waals surface area contributed by atoms with E-state index in [4.69, 9.17) is 17.3 Å². The fraction of sp³-hybridized carbons (Fsp3) is 0.364. The van der Waals surface area contributed by atoms with Gasteiger partial charge in [-0.1, -0.05) is 32.4 Å². The first kappa shape index (κ1) is 11.7. The molecule has 0 aromatic carbocycles. The molecule has 0 unspecified atom stereocenters. The van der Waals surface area contributed by atoms with Gasteiger partial charge in [0.2, 0.25) is 0 Å². The Kier molecular flexibility index (Phi) is 2.67. The summed E-state index contributed by atoms with van der Waals surface area (Å²) < 4.78 is 2.66. The molecule has 0 radical (unpaired) electrons. The summed E-state index contributed by atoms with van der Waals surface area (Å²) in [5.41, 5.74) is 7.69. The molecule has 2 N–H and O–H groups in total. The predicted octanol–water partition coefficient (Wildman–Crippen LogP) is 3.63. The number of anilines is 1. The van der Waals surface area contributed by atoms with Crippen LogP contribution >= 0.6 is 27.5 Å². The lowest BCUT2D eigenvalue weighted by atomic mass is 9.92. The molecule has 0 spiro atoms. The first-order valence-electron chi connectivity index (χ1n) is 4.94. The van der Waals surface area contributed by atoms with Gasteiger partial charge in [-0.25, -0.2) is 4.98 Å². The first-order valence-corrected chi connectivity index (χ1v) is 6.11. The van der Waals surface area contributed by atoms with Crippen LogP contribution in [0, 0.1) is 0 Å². The van der Waals surface area contributed by atoms with Crippen LogP contribution < -0.4 is 5.73 Å². The van der Waals surface area contributed by atoms with Crippen molar-refractivity contribution in [2.24, 2.45) is 0 Å². The molecular formula is C11H13BrClN3. The van der Waals surface area contributed by atoms with Crippen molar-refractivity contribution in [1.29, 1.82) is 0 Å². The molecule has 2 rings (SSSR count). The van der Waals surface area contributed by atoms with Crippen molar-refractivity contribution < 1.29 is 0 Å². The van der Waals surface area contributed by atoms with Gasteiger partial charge in [-0.2, -0.15) is 0 Å². The molecule has 2 aromatic rings. The average molecular weight is 303 g/mol. The van der Waals surface area contributed by atoms with E-state index in [0.29, 0.717) is 10.8 Å². The van der Waals surface area contributed by atoms with Gasteiger partial charge in [-0.05, 0) is 22.0 Å². The fourth-order valence-electron chi connectivity index (χ4n) is 1.64. The Morgan fingerprint density at radius 1 is 1.44 bits per heavy atom. The molecule has 0 bridgehead atoms. The number of imidazole rings is 1. The molecular weight excluding hydrogens is 289 g/mol. The standard InChI is InChI=1S/C11H13BrClN3/c1-11(2,3)8-9(14)16-5-6(13)4-7(12)10(16)15-8/h4-5H,14H2,1-3H3. The number of nitrogens with zero attached hydrogens (tertiary/aromatic N) is 2. The van der Waals surface area contributed by atoms with Gasteiger partial charge < -0.3 is 5.73 Å². The summed E-state index contributed by atoms with van der Waals surface area (Å²) in [4.78, 5) is 4.56. The summed E-state index contributed by atoms with van der Waals surface area (Å²) >= 11 is 9.42. The summed E-state index contributed by atoms with van der Waals surface area (Å²) in [6.45, 7) is 6.25. The van der Waals surface area contributed by atoms with E-state index in [2.05, 4.69) is 41.7 Å². The molecule has 3 nitrogen and oxygen atoms in total. The molecule has 16 heavy (non-hydrogen) atoms. The maximum Gasteiger partial charge on any atom is 0.153 e. The number of nitrogens with two attached hydrogens (primary N) is 1. The maximum absolute atomic E-state index is 6.08. The average Bonchev–Trinajstić information content (AvgIpc) is 2.43. The molecule has 0 atom stereocenters. The topological polar surface area (TPSA) is 43.3 Å². The van der Waals surface area contributed by atoms with Crippen LogP contribution in [0.1, 0.15) is 26.5 Å². The molecule has 0 fully saturated rings. The van der Waals surface area contributed by atoms with E-state index in [9.17, 15) is 0 Å². The number of hydrogen-bond donors (Lipinski definition) is 1. The number of hydrogen-bond acceptors (Lipinski definition) is 2. The minimum atomic E-state index is -0.0813. The van der Waals surface area contributed by atoms with Gasteiger partial charge in [0.1, 0.15) is 5.82 Å². The van der Waals surface area contributed by atoms with E-state index in [0.717, 1.165) is 15.8 Å². The summed E-state index contributed by atoms with van der Waals surface area (Å²) in [6, 6.07) is 1.82. The maximum atomic E-state index is 6.08. The van der Waals surface area contributed by atoms with Gasteiger partial charge in [0.25, 0.3) is 0 Å². The summed E-state index contributed by atoms with van der Waals surface area (Å²) in [5.74, 6) is 0.644. The third-order valence-corrected chi connectivity index (χ3v) is 3.18. The van der Waals surface area contributed by atoms with E-state index < -0.39 is 0 Å². The quantitative estimate of drug-likeness (QED) is 0.807. The molecule has 0 saturated heterocycles. The van der Waals surface area contributed by atoms with Crippen molar-refractivity contribution in [2.75, 3.05) is 5.73 Å². The highest BCUT2D eigenvalue weighted by molar-refractivity contribution is 9.10. The summed E-state index contributed by atoms with van der Waals surface area (Å²) in [7, 11) is 0. The van der Waals surface area contributed by atoms with Gasteiger partial charge in [0, 0.05) is 11.6 Å². The third-order valence-electron chi connectivity index (χ3n) is 2.39. The van der Waals surface area contributed by atoms with E-state index >= 15 is 0 Å². The smallest absolute Gasteiger partial charge is 0.153 e. The highest BCUT2D eigenvalue weighted by atomic mass is 79.9. The monoisotopic (exact) mass is 301 g/mol. The van der Waals surface area contributed by atoms with E-state index in [1.165, 1.54) is 0 Å². The van der Waals surface area contributed by atoms with Crippen molar-refractivity contribution in [1.82, 2.24) is 9.38 Å². The SMILES string of the molecule is CC(C)(C)c1nc2c(Br)cc(Cl)cn2c1N. The lowest BCUT2D eigenvalue weighted by Crippen LogP contribution is -2.14. The van der Waals surface area contributed by atoms with Crippen LogP contribution in [-0.2, 0) is 5.41 Å². The highest BCUT2D eigenvalue weighted by Gasteiger charge is 2.23. The Hall–Kier alpha value is -0.740. The lowest BCUT2D eigenvalue weighted by Gasteiger charge is -2.15. The van der Waals surface area contributed by atoms with Crippen LogP contribution in [0.5, 0.6) is 0 Å². The molecule has 0 aliphatic carbocycles. The molecule has 0 aliphatic rings. The largest absolute Gasteiger partial charge is 0.383 e. The minimum Gasteiger partial charge on any atom is -0.383 e. The van der Waals surface area contributed by atoms with Crippen LogP contribution in [0.4, 0.5) is 5.82 Å². The number of pyridine rings is 1. The lowest BCUT2D eigenvalue weighted by molar-refractivity contribution is 0.575. The zero-order chi connectivity index (χ0) is 12.1. The van der Waals surface area contributed by atoms with Gasteiger partial charge in [0.15, 0.2) is 5.65 Å². The second kappa shape index (κ2) is 3.64. The summed E-state index contributed by atoms with van der Waals surface area (Å²) in [6.07, 6.45) is 1.78. The van der Waals surface area contributed by atoms with Gasteiger partial charge in [-0.15, -0.1) is 0 Å². The fourth-order valence-corrected chi connectivity index (χ4v) is 2.51. The van der Waals surface area contributed by atoms with Crippen LogP contribution in [-0.4, -0.2) is 9.38 Å². The van der Waals surface area contributed by atoms with Crippen molar-refractivity contribution in [2.45, 2.75) is 26.2 Å². The first-order chi connectivity index (χ1) is 7.30. The molecule has 5 heteroatoms. The Morgan fingerprint density at radius 2 is 2.06 bits per heavy atom. The zero-order valence-electron chi connectivity index (χ0n) is 9.38. The number of aromatic nitrogens is 2. The molecule has 0 amide bonds. The van der Waals surface area contributed by atoms with Crippen molar-refractivity contribution in [3.8, 4) is 0 Å². The molecule has 2 aromatic heterocycles. The zero-order valence-corrected chi connectivity index (χ0v) is 11.7. The second-order valence-electron chi connectivity index (χ2n) is 4.80. The minimum absolute atomic E-state index is 0.0813. The van der Waals surface area contributed by atoms with Gasteiger partial charge >= 0.3 is 0 Å². The number of nitrogen functional groups attached to an aromatic ring is 1. The number of halogens is 2. The number of fused-ring (bicyclic) bond motifs is 1. The Labute approximate surface area is 108 Å². The van der Waals surface area contributed by atoms with Crippen LogP contribution in [0.15, 0.2) is 16.7 Å². The molecule has 0 aliphatic heterocycles. The van der Waals surface area contributed by atoms with Crippen molar-refractivity contribution >= 4 is 39.0 Å². The van der Waals surface area contributed by atoms with Crippen molar-refractivity contribution in [3.05, 3.63) is 27.5 Å². The van der Waals surface area contributed by atoms with E-state index in [1.54, 1.807) is 6.20 Å².